The summed E-state index contributed by atoms with van der Waals surface area (Å²) in [4.78, 5) is 29.5. The maximum absolute atomic E-state index is 12.7. The van der Waals surface area contributed by atoms with Gasteiger partial charge in [-0.1, -0.05) is 60.7 Å². The second-order valence-electron chi connectivity index (χ2n) is 7.30. The zero-order valence-corrected chi connectivity index (χ0v) is 17.0. The van der Waals surface area contributed by atoms with Gasteiger partial charge in [-0.25, -0.2) is 9.78 Å². The number of fused-ring (bicyclic) bond motifs is 1. The van der Waals surface area contributed by atoms with Crippen LogP contribution in [0.5, 0.6) is 0 Å². The number of carbonyl (C=O) groups excluding carboxylic acids is 1. The number of aromatic nitrogens is 1. The van der Waals surface area contributed by atoms with Crippen LogP contribution in [0, 0.1) is 0 Å². The second kappa shape index (κ2) is 8.32. The zero-order chi connectivity index (χ0) is 21.9. The topological polar surface area (TPSA) is 72.2 Å². The van der Waals surface area contributed by atoms with E-state index in [1.165, 1.54) is 0 Å². The van der Waals surface area contributed by atoms with E-state index in [0.29, 0.717) is 27.7 Å². The van der Waals surface area contributed by atoms with Crippen molar-refractivity contribution in [3.05, 3.63) is 119 Å². The maximum atomic E-state index is 12.7. The first kappa shape index (κ1) is 19.5. The van der Waals surface area contributed by atoms with Gasteiger partial charge in [-0.05, 0) is 53.6 Å². The number of amides is 1. The summed E-state index contributed by atoms with van der Waals surface area (Å²) >= 11 is 0. The van der Waals surface area contributed by atoms with Gasteiger partial charge in [0.15, 0.2) is 0 Å². The van der Waals surface area contributed by atoms with Gasteiger partial charge in [0.2, 0.25) is 5.89 Å². The maximum Gasteiger partial charge on any atom is 0.347 e. The van der Waals surface area contributed by atoms with E-state index in [1.807, 2.05) is 48.5 Å². The average molecular weight is 418 g/mol. The number of nitrogens with zero attached hydrogens (tertiary/aromatic N) is 1. The normalized spacial score (nSPS) is 10.8. The van der Waals surface area contributed by atoms with Crippen molar-refractivity contribution in [1.82, 2.24) is 4.98 Å². The van der Waals surface area contributed by atoms with Gasteiger partial charge in [0.05, 0.1) is 10.9 Å². The van der Waals surface area contributed by atoms with Crippen LogP contribution in [0.1, 0.15) is 10.4 Å². The third-order valence-electron chi connectivity index (χ3n) is 5.16. The first-order valence-electron chi connectivity index (χ1n) is 10.1. The Kier molecular flexibility index (Phi) is 5.06. The first-order chi connectivity index (χ1) is 15.7. The van der Waals surface area contributed by atoms with Crippen LogP contribution < -0.4 is 10.9 Å². The lowest BCUT2D eigenvalue weighted by Gasteiger charge is -2.08. The van der Waals surface area contributed by atoms with Crippen molar-refractivity contribution in [2.75, 3.05) is 5.32 Å². The van der Waals surface area contributed by atoms with E-state index in [1.54, 1.807) is 54.6 Å². The van der Waals surface area contributed by atoms with Gasteiger partial charge in [-0.2, -0.15) is 0 Å². The summed E-state index contributed by atoms with van der Waals surface area (Å²) in [7, 11) is 0. The Bertz CT molecular complexity index is 1470. The SMILES string of the molecule is O=C(Nc1cccc(-c2nc3ccccc3c(=O)o2)c1)c1ccc(-c2ccccc2)cc1. The lowest BCUT2D eigenvalue weighted by atomic mass is 10.0. The molecule has 5 rings (SSSR count). The molecule has 0 fully saturated rings. The summed E-state index contributed by atoms with van der Waals surface area (Å²) in [5.74, 6) is -0.0216. The minimum atomic E-state index is -0.446. The van der Waals surface area contributed by atoms with Crippen LogP contribution in [0.2, 0.25) is 0 Å². The molecule has 154 valence electrons. The van der Waals surface area contributed by atoms with Crippen molar-refractivity contribution < 1.29 is 9.21 Å². The van der Waals surface area contributed by atoms with Crippen LogP contribution in [-0.2, 0) is 0 Å². The molecule has 5 heteroatoms. The van der Waals surface area contributed by atoms with E-state index in [9.17, 15) is 9.59 Å². The first-order valence-corrected chi connectivity index (χ1v) is 10.1. The van der Waals surface area contributed by atoms with Gasteiger partial charge in [-0.15, -0.1) is 0 Å². The Labute approximate surface area is 184 Å². The highest BCUT2D eigenvalue weighted by Gasteiger charge is 2.11. The lowest BCUT2D eigenvalue weighted by molar-refractivity contribution is 0.102. The molecule has 5 aromatic rings. The number of nitrogens with one attached hydrogen (secondary N) is 1. The third kappa shape index (κ3) is 3.91. The quantitative estimate of drug-likeness (QED) is 0.402. The Balaban J connectivity index is 1.38. The van der Waals surface area contributed by atoms with Gasteiger partial charge in [0.25, 0.3) is 5.91 Å². The molecule has 1 amide bonds. The van der Waals surface area contributed by atoms with E-state index in [4.69, 9.17) is 4.42 Å². The van der Waals surface area contributed by atoms with Crippen LogP contribution in [0.15, 0.2) is 112 Å². The molecule has 0 spiro atoms. The number of hydrogen-bond donors (Lipinski definition) is 1. The van der Waals surface area contributed by atoms with Crippen LogP contribution in [0.3, 0.4) is 0 Å². The number of benzene rings is 4. The molecule has 0 unspecified atom stereocenters. The summed E-state index contributed by atoms with van der Waals surface area (Å²) in [6, 6.07) is 31.5. The molecule has 0 bridgehead atoms. The molecular formula is C27H18N2O3. The molecule has 5 nitrogen and oxygen atoms in total. The van der Waals surface area contributed by atoms with E-state index < -0.39 is 5.63 Å². The molecule has 1 N–H and O–H groups in total. The van der Waals surface area contributed by atoms with Gasteiger partial charge in [-0.3, -0.25) is 4.79 Å². The third-order valence-corrected chi connectivity index (χ3v) is 5.16. The summed E-state index contributed by atoms with van der Waals surface area (Å²) in [5, 5.41) is 3.32. The molecule has 32 heavy (non-hydrogen) atoms. The highest BCUT2D eigenvalue weighted by molar-refractivity contribution is 6.04. The Morgan fingerprint density at radius 2 is 1.41 bits per heavy atom. The summed E-state index contributed by atoms with van der Waals surface area (Å²) in [5.41, 5.74) is 3.98. The number of anilines is 1. The summed E-state index contributed by atoms with van der Waals surface area (Å²) in [6.45, 7) is 0. The molecule has 0 radical (unpaired) electrons. The minimum absolute atomic E-state index is 0.206. The van der Waals surface area contributed by atoms with Gasteiger partial charge in [0.1, 0.15) is 0 Å². The number of para-hydroxylation sites is 1. The van der Waals surface area contributed by atoms with Gasteiger partial charge in [0, 0.05) is 16.8 Å². The Morgan fingerprint density at radius 1 is 0.719 bits per heavy atom. The summed E-state index contributed by atoms with van der Waals surface area (Å²) in [6.07, 6.45) is 0. The molecular weight excluding hydrogens is 400 g/mol. The lowest BCUT2D eigenvalue weighted by Crippen LogP contribution is -2.11. The summed E-state index contributed by atoms with van der Waals surface area (Å²) < 4.78 is 5.40. The van der Waals surface area contributed by atoms with E-state index in [-0.39, 0.29) is 11.8 Å². The molecule has 0 aliphatic carbocycles. The van der Waals surface area contributed by atoms with Crippen molar-refractivity contribution in [1.29, 1.82) is 0 Å². The van der Waals surface area contributed by atoms with Crippen molar-refractivity contribution in [3.8, 4) is 22.6 Å². The minimum Gasteiger partial charge on any atom is -0.403 e. The fraction of sp³-hybridized carbons (Fsp3) is 0. The largest absolute Gasteiger partial charge is 0.403 e. The molecule has 1 heterocycles. The second-order valence-corrected chi connectivity index (χ2v) is 7.30. The molecule has 0 aliphatic heterocycles. The number of rotatable bonds is 4. The van der Waals surface area contributed by atoms with Crippen LogP contribution in [-0.4, -0.2) is 10.9 Å². The van der Waals surface area contributed by atoms with Crippen molar-refractivity contribution >= 4 is 22.5 Å². The van der Waals surface area contributed by atoms with Crippen molar-refractivity contribution in [2.45, 2.75) is 0 Å². The zero-order valence-electron chi connectivity index (χ0n) is 17.0. The predicted molar refractivity (Wildman–Crippen MR) is 126 cm³/mol. The monoisotopic (exact) mass is 418 g/mol. The predicted octanol–water partition coefficient (Wildman–Crippen LogP) is 5.77. The Hall–Kier alpha value is -4.51. The molecule has 4 aromatic carbocycles. The fourth-order valence-electron chi connectivity index (χ4n) is 3.52. The van der Waals surface area contributed by atoms with E-state index in [2.05, 4.69) is 10.3 Å². The van der Waals surface area contributed by atoms with E-state index >= 15 is 0 Å². The standard InChI is InChI=1S/C27H18N2O3/c30-25(20-15-13-19(14-16-20)18-7-2-1-3-8-18)28-22-10-6-9-21(17-22)26-29-24-12-5-4-11-23(24)27(31)32-26/h1-17H,(H,28,30). The molecule has 0 saturated carbocycles. The molecule has 0 aliphatic rings. The number of carbonyl (C=O) groups is 1. The van der Waals surface area contributed by atoms with Gasteiger partial charge >= 0.3 is 5.63 Å². The van der Waals surface area contributed by atoms with Crippen molar-refractivity contribution in [3.63, 3.8) is 0 Å². The van der Waals surface area contributed by atoms with Gasteiger partial charge < -0.3 is 9.73 Å². The molecule has 0 saturated heterocycles. The highest BCUT2D eigenvalue weighted by atomic mass is 16.4. The molecule has 0 atom stereocenters. The smallest absolute Gasteiger partial charge is 0.347 e. The van der Waals surface area contributed by atoms with Crippen LogP contribution in [0.4, 0.5) is 5.69 Å². The van der Waals surface area contributed by atoms with Crippen LogP contribution in [0.25, 0.3) is 33.5 Å². The highest BCUT2D eigenvalue weighted by Crippen LogP contribution is 2.23. The number of hydrogen-bond acceptors (Lipinski definition) is 4. The molecule has 1 aromatic heterocycles. The average Bonchev–Trinajstić information content (AvgIpc) is 2.85. The Morgan fingerprint density at radius 3 is 2.22 bits per heavy atom. The van der Waals surface area contributed by atoms with Crippen molar-refractivity contribution in [2.24, 2.45) is 0 Å². The van der Waals surface area contributed by atoms with E-state index in [0.717, 1.165) is 11.1 Å². The van der Waals surface area contributed by atoms with Crippen LogP contribution >= 0.6 is 0 Å². The fourth-order valence-corrected chi connectivity index (χ4v) is 3.52.